The summed E-state index contributed by atoms with van der Waals surface area (Å²) in [4.78, 5) is 13.7. The normalized spacial score (nSPS) is 18.8. The number of allylic oxidation sites excluding steroid dienone is 1. The molecule has 114 valence electrons. The zero-order valence-corrected chi connectivity index (χ0v) is 13.2. The number of nitriles is 1. The molecule has 0 radical (unpaired) electrons. The van der Waals surface area contributed by atoms with Crippen molar-refractivity contribution in [3.05, 3.63) is 41.5 Å². The van der Waals surface area contributed by atoms with Crippen LogP contribution in [0.5, 0.6) is 0 Å². The van der Waals surface area contributed by atoms with E-state index in [4.69, 9.17) is 10.00 Å². The Morgan fingerprint density at radius 1 is 1.32 bits per heavy atom. The van der Waals surface area contributed by atoms with Gasteiger partial charge in [-0.3, -0.25) is 0 Å². The molecule has 22 heavy (non-hydrogen) atoms. The van der Waals surface area contributed by atoms with Crippen molar-refractivity contribution in [2.75, 3.05) is 13.1 Å². The third-order valence-corrected chi connectivity index (χ3v) is 4.08. The quantitative estimate of drug-likeness (QED) is 0.796. The van der Waals surface area contributed by atoms with E-state index in [1.807, 2.05) is 45.0 Å². The van der Waals surface area contributed by atoms with Crippen LogP contribution in [0, 0.1) is 16.7 Å². The summed E-state index contributed by atoms with van der Waals surface area (Å²) >= 11 is 0. The van der Waals surface area contributed by atoms with E-state index in [1.54, 1.807) is 4.90 Å². The Balaban J connectivity index is 1.64. The van der Waals surface area contributed by atoms with E-state index in [2.05, 4.69) is 12.1 Å². The predicted octanol–water partition coefficient (Wildman–Crippen LogP) is 3.58. The second-order valence-corrected chi connectivity index (χ2v) is 7.20. The lowest BCUT2D eigenvalue weighted by Crippen LogP contribution is -2.60. The Labute approximate surface area is 131 Å². The molecule has 2 aliphatic rings. The van der Waals surface area contributed by atoms with Gasteiger partial charge in [0.2, 0.25) is 0 Å². The van der Waals surface area contributed by atoms with Gasteiger partial charge in [-0.25, -0.2) is 4.79 Å². The minimum absolute atomic E-state index is 0.0921. The van der Waals surface area contributed by atoms with Crippen LogP contribution in [0.1, 0.15) is 38.3 Å². The molecular formula is C18H20N2O2. The van der Waals surface area contributed by atoms with Crippen molar-refractivity contribution in [1.82, 2.24) is 4.90 Å². The van der Waals surface area contributed by atoms with Crippen LogP contribution in [-0.4, -0.2) is 29.7 Å². The minimum Gasteiger partial charge on any atom is -0.444 e. The number of carbonyl (C=O) groups excluding carboxylic acids is 1. The van der Waals surface area contributed by atoms with Crippen LogP contribution >= 0.6 is 0 Å². The molecule has 1 aliphatic carbocycles. The number of likely N-dealkylation sites (tertiary alicyclic amines) is 1. The maximum Gasteiger partial charge on any atom is 0.410 e. The van der Waals surface area contributed by atoms with Gasteiger partial charge in [0, 0.05) is 18.5 Å². The van der Waals surface area contributed by atoms with Crippen molar-refractivity contribution in [1.29, 1.82) is 5.26 Å². The van der Waals surface area contributed by atoms with Gasteiger partial charge in [-0.2, -0.15) is 5.26 Å². The van der Waals surface area contributed by atoms with Gasteiger partial charge in [0.05, 0.1) is 11.6 Å². The van der Waals surface area contributed by atoms with E-state index in [0.717, 1.165) is 12.0 Å². The average molecular weight is 296 g/mol. The summed E-state index contributed by atoms with van der Waals surface area (Å²) in [6.07, 6.45) is 2.90. The number of hydrogen-bond donors (Lipinski definition) is 0. The highest BCUT2D eigenvalue weighted by atomic mass is 16.6. The summed E-state index contributed by atoms with van der Waals surface area (Å²) in [5, 5.41) is 9.16. The van der Waals surface area contributed by atoms with Crippen molar-refractivity contribution >= 4 is 11.7 Å². The zero-order chi connectivity index (χ0) is 16.0. The summed E-state index contributed by atoms with van der Waals surface area (Å²) < 4.78 is 5.37. The molecule has 0 bridgehead atoms. The second kappa shape index (κ2) is 4.88. The van der Waals surface area contributed by atoms with Crippen molar-refractivity contribution in [3.8, 4) is 6.07 Å². The molecule has 0 atom stereocenters. The van der Waals surface area contributed by atoms with Gasteiger partial charge in [0.15, 0.2) is 0 Å². The Bertz CT molecular complexity index is 686. The Morgan fingerprint density at radius 3 is 2.55 bits per heavy atom. The molecular weight excluding hydrogens is 276 g/mol. The fraction of sp³-hybridized carbons (Fsp3) is 0.444. The van der Waals surface area contributed by atoms with E-state index >= 15 is 0 Å². The molecule has 1 aliphatic heterocycles. The molecule has 4 heteroatoms. The second-order valence-electron chi connectivity index (χ2n) is 7.20. The van der Waals surface area contributed by atoms with Crippen molar-refractivity contribution in [2.45, 2.75) is 32.8 Å². The lowest BCUT2D eigenvalue weighted by Gasteiger charge is -2.53. The van der Waals surface area contributed by atoms with Gasteiger partial charge in [-0.1, -0.05) is 24.3 Å². The maximum atomic E-state index is 12.0. The molecule has 0 saturated carbocycles. The molecule has 0 aromatic heterocycles. The molecule has 1 amide bonds. The third kappa shape index (κ3) is 2.59. The fourth-order valence-electron chi connectivity index (χ4n) is 3.13. The summed E-state index contributed by atoms with van der Waals surface area (Å²) in [5.41, 5.74) is 2.58. The van der Waals surface area contributed by atoms with Crippen LogP contribution in [0.25, 0.3) is 5.57 Å². The van der Waals surface area contributed by atoms with E-state index in [-0.39, 0.29) is 11.5 Å². The minimum atomic E-state index is -0.452. The van der Waals surface area contributed by atoms with Crippen LogP contribution in [0.15, 0.2) is 30.3 Å². The van der Waals surface area contributed by atoms with E-state index < -0.39 is 5.60 Å². The average Bonchev–Trinajstić information content (AvgIpc) is 2.33. The summed E-state index contributed by atoms with van der Waals surface area (Å²) in [6.45, 7) is 7.04. The number of rotatable bonds is 1. The molecule has 1 saturated heterocycles. The number of carbonyl (C=O) groups is 1. The van der Waals surface area contributed by atoms with Gasteiger partial charge in [-0.05, 0) is 44.4 Å². The standard InChI is InChI=1S/C18H20N2O2/c1-17(2,3)22-16(21)20-11-18(12-20)8-14(9-18)15-7-5-4-6-13(15)10-19/h4-8H,9,11-12H2,1-3H3. The molecule has 1 aromatic carbocycles. The monoisotopic (exact) mass is 296 g/mol. The highest BCUT2D eigenvalue weighted by molar-refractivity contribution is 5.78. The maximum absolute atomic E-state index is 12.0. The summed E-state index contributed by atoms with van der Waals surface area (Å²) in [7, 11) is 0. The zero-order valence-electron chi connectivity index (χ0n) is 13.2. The van der Waals surface area contributed by atoms with E-state index in [0.29, 0.717) is 18.7 Å². The van der Waals surface area contributed by atoms with Crippen LogP contribution in [0.4, 0.5) is 4.79 Å². The van der Waals surface area contributed by atoms with Gasteiger partial charge < -0.3 is 9.64 Å². The van der Waals surface area contributed by atoms with E-state index in [1.165, 1.54) is 5.57 Å². The number of nitrogens with zero attached hydrogens (tertiary/aromatic N) is 2. The third-order valence-electron chi connectivity index (χ3n) is 4.08. The molecule has 0 N–H and O–H groups in total. The lowest BCUT2D eigenvalue weighted by molar-refractivity contribution is -0.0207. The van der Waals surface area contributed by atoms with Crippen molar-refractivity contribution in [3.63, 3.8) is 0 Å². The molecule has 0 unspecified atom stereocenters. The SMILES string of the molecule is CC(C)(C)OC(=O)N1CC2(C=C(c3ccccc3C#N)C2)C1. The molecule has 4 nitrogen and oxygen atoms in total. The van der Waals surface area contributed by atoms with E-state index in [9.17, 15) is 4.79 Å². The van der Waals surface area contributed by atoms with Crippen molar-refractivity contribution < 1.29 is 9.53 Å². The Kier molecular flexibility index (Phi) is 3.25. The Hall–Kier alpha value is -2.28. The van der Waals surface area contributed by atoms with Gasteiger partial charge in [0.1, 0.15) is 5.60 Å². The molecule has 1 spiro atoms. The largest absolute Gasteiger partial charge is 0.444 e. The highest BCUT2D eigenvalue weighted by Crippen LogP contribution is 2.50. The summed E-state index contributed by atoms with van der Waals surface area (Å²) in [6, 6.07) is 9.90. The van der Waals surface area contributed by atoms with Crippen LogP contribution in [0.3, 0.4) is 0 Å². The first-order valence-electron chi connectivity index (χ1n) is 7.51. The van der Waals surface area contributed by atoms with Crippen molar-refractivity contribution in [2.24, 2.45) is 5.41 Å². The number of amides is 1. The molecule has 3 rings (SSSR count). The Morgan fingerprint density at radius 2 is 1.95 bits per heavy atom. The summed E-state index contributed by atoms with van der Waals surface area (Å²) in [5.74, 6) is 0. The molecule has 1 fully saturated rings. The highest BCUT2D eigenvalue weighted by Gasteiger charge is 2.50. The lowest BCUT2D eigenvalue weighted by atomic mass is 9.64. The fourth-order valence-corrected chi connectivity index (χ4v) is 3.13. The topological polar surface area (TPSA) is 53.3 Å². The van der Waals surface area contributed by atoms with Gasteiger partial charge >= 0.3 is 6.09 Å². The first-order valence-corrected chi connectivity index (χ1v) is 7.51. The molecule has 1 aromatic rings. The van der Waals surface area contributed by atoms with Crippen LogP contribution in [-0.2, 0) is 4.74 Å². The number of ether oxygens (including phenoxy) is 1. The van der Waals surface area contributed by atoms with Crippen LogP contribution in [0.2, 0.25) is 0 Å². The predicted molar refractivity (Wildman–Crippen MR) is 84.0 cm³/mol. The van der Waals surface area contributed by atoms with Gasteiger partial charge in [-0.15, -0.1) is 0 Å². The number of benzene rings is 1. The smallest absolute Gasteiger partial charge is 0.410 e. The number of hydrogen-bond acceptors (Lipinski definition) is 3. The van der Waals surface area contributed by atoms with Crippen LogP contribution < -0.4 is 0 Å². The first-order chi connectivity index (χ1) is 10.3. The van der Waals surface area contributed by atoms with Gasteiger partial charge in [0.25, 0.3) is 0 Å². The first kappa shape index (κ1) is 14.6. The molecule has 1 heterocycles.